The molecule has 1 heterocycles. The minimum atomic E-state index is -1.20. The van der Waals surface area contributed by atoms with Crippen molar-refractivity contribution in [2.45, 2.75) is 19.3 Å². The third-order valence-electron chi connectivity index (χ3n) is 2.49. The van der Waals surface area contributed by atoms with Gasteiger partial charge in [-0.05, 0) is 36.9 Å². The summed E-state index contributed by atoms with van der Waals surface area (Å²) in [5.74, 6) is 0. The van der Waals surface area contributed by atoms with Gasteiger partial charge in [0.2, 0.25) is 0 Å². The second-order valence-corrected chi connectivity index (χ2v) is 4.50. The van der Waals surface area contributed by atoms with E-state index in [1.54, 1.807) is 0 Å². The molecule has 1 aromatic heterocycles. The van der Waals surface area contributed by atoms with Crippen molar-refractivity contribution in [3.63, 3.8) is 0 Å². The molecule has 4 nitrogen and oxygen atoms in total. The van der Waals surface area contributed by atoms with E-state index >= 15 is 0 Å². The third kappa shape index (κ3) is 3.17. The first-order valence-corrected chi connectivity index (χ1v) is 6.24. The highest BCUT2D eigenvalue weighted by molar-refractivity contribution is 7.13. The minimum absolute atomic E-state index is 0.261. The van der Waals surface area contributed by atoms with Gasteiger partial charge in [0, 0.05) is 5.39 Å². The second-order valence-electron chi connectivity index (χ2n) is 3.70. The molecule has 1 aromatic carbocycles. The lowest BCUT2D eigenvalue weighted by molar-refractivity contribution is 0.0902. The molecule has 0 amide bonds. The molecule has 0 spiro atoms. The van der Waals surface area contributed by atoms with Gasteiger partial charge in [0.05, 0.1) is 17.0 Å². The highest BCUT2D eigenvalue weighted by Crippen LogP contribution is 2.23. The predicted molar refractivity (Wildman–Crippen MR) is 66.5 cm³/mol. The quantitative estimate of drug-likeness (QED) is 0.654. The van der Waals surface area contributed by atoms with Crippen LogP contribution in [-0.4, -0.2) is 22.2 Å². The normalized spacial score (nSPS) is 10.6. The van der Waals surface area contributed by atoms with Crippen LogP contribution >= 0.6 is 11.5 Å². The summed E-state index contributed by atoms with van der Waals surface area (Å²) in [6.45, 7) is 0.261. The molecule has 0 saturated carbocycles. The molecule has 0 aliphatic rings. The molecule has 1 N–H and O–H groups in total. The molecular weight excluding hydrogens is 238 g/mol. The summed E-state index contributed by atoms with van der Waals surface area (Å²) in [5.41, 5.74) is 1.10. The van der Waals surface area contributed by atoms with Crippen LogP contribution in [-0.2, 0) is 11.2 Å². The lowest BCUT2D eigenvalue weighted by atomic mass is 10.1. The van der Waals surface area contributed by atoms with Crippen LogP contribution in [0.3, 0.4) is 0 Å². The van der Waals surface area contributed by atoms with Gasteiger partial charge in [0.1, 0.15) is 0 Å². The van der Waals surface area contributed by atoms with Crippen molar-refractivity contribution in [1.82, 2.24) is 4.37 Å². The van der Waals surface area contributed by atoms with Crippen LogP contribution in [0, 0.1) is 0 Å². The molecule has 0 atom stereocenters. The lowest BCUT2D eigenvalue weighted by Gasteiger charge is -1.99. The van der Waals surface area contributed by atoms with E-state index in [0.717, 1.165) is 25.0 Å². The van der Waals surface area contributed by atoms with E-state index in [1.807, 2.05) is 12.1 Å². The van der Waals surface area contributed by atoms with Gasteiger partial charge < -0.3 is 9.84 Å². The van der Waals surface area contributed by atoms with E-state index in [4.69, 9.17) is 5.11 Å². The van der Waals surface area contributed by atoms with Crippen molar-refractivity contribution in [3.8, 4) is 0 Å². The number of fused-ring (bicyclic) bond motifs is 1. The highest BCUT2D eigenvalue weighted by atomic mass is 32.1. The third-order valence-corrected chi connectivity index (χ3v) is 3.35. The number of unbranched alkanes of at least 4 members (excludes halogenated alkanes) is 1. The predicted octanol–water partition coefficient (Wildman–Crippen LogP) is 3.31. The zero-order valence-electron chi connectivity index (χ0n) is 9.26. The monoisotopic (exact) mass is 251 g/mol. The Bertz CT molecular complexity index is 509. The number of nitrogens with zero attached hydrogens (tertiary/aromatic N) is 1. The Morgan fingerprint density at radius 1 is 1.35 bits per heavy atom. The van der Waals surface area contributed by atoms with Crippen molar-refractivity contribution in [2.75, 3.05) is 6.61 Å². The van der Waals surface area contributed by atoms with Crippen LogP contribution < -0.4 is 0 Å². The van der Waals surface area contributed by atoms with Gasteiger partial charge in [-0.25, -0.2) is 4.79 Å². The van der Waals surface area contributed by atoms with Gasteiger partial charge in [-0.3, -0.25) is 0 Å². The van der Waals surface area contributed by atoms with Gasteiger partial charge in [0.25, 0.3) is 0 Å². The molecule has 90 valence electrons. The van der Waals surface area contributed by atoms with Crippen LogP contribution in [0.1, 0.15) is 18.5 Å². The first-order chi connectivity index (χ1) is 8.27. The molecule has 17 heavy (non-hydrogen) atoms. The van der Waals surface area contributed by atoms with Crippen molar-refractivity contribution < 1.29 is 14.6 Å². The fourth-order valence-electron chi connectivity index (χ4n) is 1.67. The Hall–Kier alpha value is -1.62. The van der Waals surface area contributed by atoms with E-state index in [9.17, 15) is 4.79 Å². The molecule has 2 rings (SSSR count). The number of carboxylic acid groups (broad SMARTS) is 1. The molecule has 5 heteroatoms. The van der Waals surface area contributed by atoms with Gasteiger partial charge in [-0.2, -0.15) is 4.37 Å². The summed E-state index contributed by atoms with van der Waals surface area (Å²) in [6, 6.07) is 8.14. The average Bonchev–Trinajstić information content (AvgIpc) is 2.72. The summed E-state index contributed by atoms with van der Waals surface area (Å²) in [7, 11) is 0. The summed E-state index contributed by atoms with van der Waals surface area (Å²) < 4.78 is 10.1. The standard InChI is InChI=1S/C12H13NO3S/c14-12(15)16-8-4-3-6-10-9-5-1-2-7-11(9)17-13-10/h1-2,5,7H,3-4,6,8H2,(H,14,15). The van der Waals surface area contributed by atoms with Crippen molar-refractivity contribution in [1.29, 1.82) is 0 Å². The van der Waals surface area contributed by atoms with Gasteiger partial charge in [0.15, 0.2) is 0 Å². The lowest BCUT2D eigenvalue weighted by Crippen LogP contribution is -2.02. The van der Waals surface area contributed by atoms with E-state index in [1.165, 1.54) is 21.6 Å². The van der Waals surface area contributed by atoms with Crippen molar-refractivity contribution in [2.24, 2.45) is 0 Å². The maximum Gasteiger partial charge on any atom is 0.505 e. The summed E-state index contributed by atoms with van der Waals surface area (Å²) >= 11 is 1.51. The molecular formula is C12H13NO3S. The molecule has 0 aliphatic heterocycles. The smallest absolute Gasteiger partial charge is 0.450 e. The summed E-state index contributed by atoms with van der Waals surface area (Å²) in [6.07, 6.45) is 1.29. The van der Waals surface area contributed by atoms with E-state index in [-0.39, 0.29) is 6.61 Å². The summed E-state index contributed by atoms with van der Waals surface area (Å²) in [4.78, 5) is 10.1. The minimum Gasteiger partial charge on any atom is -0.450 e. The second kappa shape index (κ2) is 5.63. The van der Waals surface area contributed by atoms with Crippen LogP contribution in [0.2, 0.25) is 0 Å². The number of ether oxygens (including phenoxy) is 1. The van der Waals surface area contributed by atoms with Crippen molar-refractivity contribution in [3.05, 3.63) is 30.0 Å². The van der Waals surface area contributed by atoms with Crippen LogP contribution in [0.25, 0.3) is 10.1 Å². The maximum absolute atomic E-state index is 10.1. The Morgan fingerprint density at radius 2 is 2.18 bits per heavy atom. The SMILES string of the molecule is O=C(O)OCCCCc1nsc2ccccc12. The molecule has 0 radical (unpaired) electrons. The van der Waals surface area contributed by atoms with E-state index < -0.39 is 6.16 Å². The van der Waals surface area contributed by atoms with Gasteiger partial charge in [-0.1, -0.05) is 18.2 Å². The van der Waals surface area contributed by atoms with Crippen LogP contribution in [0.15, 0.2) is 24.3 Å². The molecule has 0 bridgehead atoms. The van der Waals surface area contributed by atoms with Crippen LogP contribution in [0.5, 0.6) is 0 Å². The Kier molecular flexibility index (Phi) is 3.93. The topological polar surface area (TPSA) is 59.4 Å². The van der Waals surface area contributed by atoms with Crippen molar-refractivity contribution >= 4 is 27.8 Å². The zero-order valence-corrected chi connectivity index (χ0v) is 10.1. The molecule has 0 saturated heterocycles. The number of carbonyl (C=O) groups is 1. The van der Waals surface area contributed by atoms with Gasteiger partial charge >= 0.3 is 6.16 Å². The average molecular weight is 251 g/mol. The Morgan fingerprint density at radius 3 is 3.00 bits per heavy atom. The molecule has 0 fully saturated rings. The number of hydrogen-bond acceptors (Lipinski definition) is 4. The number of rotatable bonds is 5. The first-order valence-electron chi connectivity index (χ1n) is 5.46. The highest BCUT2D eigenvalue weighted by Gasteiger charge is 2.05. The Balaban J connectivity index is 1.85. The maximum atomic E-state index is 10.1. The fourth-order valence-corrected chi connectivity index (χ4v) is 2.49. The number of benzene rings is 1. The van der Waals surface area contributed by atoms with E-state index in [2.05, 4.69) is 21.2 Å². The van der Waals surface area contributed by atoms with Crippen LogP contribution in [0.4, 0.5) is 4.79 Å². The number of hydrogen-bond donors (Lipinski definition) is 1. The van der Waals surface area contributed by atoms with E-state index in [0.29, 0.717) is 0 Å². The first kappa shape index (κ1) is 11.9. The fraction of sp³-hybridized carbons (Fsp3) is 0.333. The summed E-state index contributed by atoms with van der Waals surface area (Å²) in [5, 5.41) is 9.51. The number of aromatic nitrogens is 1. The molecule has 0 unspecified atom stereocenters. The Labute approximate surface area is 103 Å². The molecule has 0 aliphatic carbocycles. The largest absolute Gasteiger partial charge is 0.505 e. The van der Waals surface area contributed by atoms with Gasteiger partial charge in [-0.15, -0.1) is 0 Å². The number of aryl methyl sites for hydroxylation is 1. The zero-order chi connectivity index (χ0) is 12.1. The molecule has 2 aromatic rings.